The van der Waals surface area contributed by atoms with Crippen LogP contribution < -0.4 is 11.1 Å². The van der Waals surface area contributed by atoms with Crippen LogP contribution in [-0.2, 0) is 10.2 Å². The summed E-state index contributed by atoms with van der Waals surface area (Å²) in [5, 5.41) is 3.15. The van der Waals surface area contributed by atoms with Gasteiger partial charge in [0.15, 0.2) is 0 Å². The van der Waals surface area contributed by atoms with Gasteiger partial charge in [-0.1, -0.05) is 56.5 Å². The summed E-state index contributed by atoms with van der Waals surface area (Å²) in [6, 6.07) is 8.50. The summed E-state index contributed by atoms with van der Waals surface area (Å²) in [7, 11) is 0. The Bertz CT molecular complexity index is 540. The molecule has 0 aliphatic heterocycles. The van der Waals surface area contributed by atoms with Crippen molar-refractivity contribution in [1.82, 2.24) is 5.32 Å². The monoisotopic (exact) mass is 338 g/mol. The zero-order valence-electron chi connectivity index (χ0n) is 14.8. The van der Waals surface area contributed by atoms with Gasteiger partial charge in [-0.15, -0.1) is 12.4 Å². The van der Waals surface area contributed by atoms with Crippen molar-refractivity contribution in [3.8, 4) is 0 Å². The molecule has 1 aromatic carbocycles. The van der Waals surface area contributed by atoms with Gasteiger partial charge in [-0.3, -0.25) is 4.79 Å². The molecule has 0 heterocycles. The van der Waals surface area contributed by atoms with Crippen LogP contribution in [-0.4, -0.2) is 18.0 Å². The highest BCUT2D eigenvalue weighted by atomic mass is 35.5. The second-order valence-electron chi connectivity index (χ2n) is 7.78. The molecule has 1 fully saturated rings. The lowest BCUT2D eigenvalue weighted by atomic mass is 9.74. The summed E-state index contributed by atoms with van der Waals surface area (Å²) in [5.74, 6) is 0.0555. The number of amides is 1. The van der Waals surface area contributed by atoms with Gasteiger partial charge in [0, 0.05) is 17.5 Å². The van der Waals surface area contributed by atoms with Crippen molar-refractivity contribution in [3.05, 3.63) is 35.4 Å². The quantitative estimate of drug-likeness (QED) is 0.879. The van der Waals surface area contributed by atoms with Gasteiger partial charge in [0.1, 0.15) is 0 Å². The van der Waals surface area contributed by atoms with Crippen LogP contribution in [0, 0.1) is 12.8 Å². The van der Waals surface area contributed by atoms with Crippen molar-refractivity contribution < 1.29 is 4.79 Å². The molecule has 2 rings (SSSR count). The Hall–Kier alpha value is -1.06. The normalized spacial score (nSPS) is 24.7. The fourth-order valence-corrected chi connectivity index (χ4v) is 3.39. The Balaban J connectivity index is 0.00000264. The summed E-state index contributed by atoms with van der Waals surface area (Å²) in [4.78, 5) is 12.6. The van der Waals surface area contributed by atoms with Crippen LogP contribution in [0.2, 0.25) is 0 Å². The van der Waals surface area contributed by atoms with E-state index in [1.807, 2.05) is 6.92 Å². The predicted molar refractivity (Wildman–Crippen MR) is 99.0 cm³/mol. The molecule has 1 aromatic rings. The molecule has 23 heavy (non-hydrogen) atoms. The lowest BCUT2D eigenvalue weighted by Crippen LogP contribution is -2.54. The summed E-state index contributed by atoms with van der Waals surface area (Å²) < 4.78 is 0. The highest BCUT2D eigenvalue weighted by molar-refractivity contribution is 5.85. The summed E-state index contributed by atoms with van der Waals surface area (Å²) in [6.07, 6.45) is 4.08. The number of benzene rings is 1. The smallest absolute Gasteiger partial charge is 0.224 e. The Labute approximate surface area is 146 Å². The molecule has 1 amide bonds. The van der Waals surface area contributed by atoms with Crippen LogP contribution in [0.4, 0.5) is 0 Å². The Kier molecular flexibility index (Phi) is 6.67. The van der Waals surface area contributed by atoms with Crippen LogP contribution >= 0.6 is 12.4 Å². The van der Waals surface area contributed by atoms with Crippen LogP contribution in [0.25, 0.3) is 0 Å². The first-order valence-corrected chi connectivity index (χ1v) is 8.36. The largest absolute Gasteiger partial charge is 0.355 e. The summed E-state index contributed by atoms with van der Waals surface area (Å²) in [6.45, 7) is 9.10. The molecule has 2 atom stereocenters. The number of nitrogens with one attached hydrogen (secondary N) is 1. The minimum atomic E-state index is -0.365. The standard InChI is InChI=1S/C19H30N2O.ClH/c1-14-8-7-9-15(12-14)18(2,3)13-21-17(22)16-10-5-6-11-19(16,4)20;/h7-9,12,16H,5-6,10-11,13,20H2,1-4H3,(H,21,22);1H. The van der Waals surface area contributed by atoms with Crippen molar-refractivity contribution in [2.75, 3.05) is 6.54 Å². The second-order valence-corrected chi connectivity index (χ2v) is 7.78. The first-order chi connectivity index (χ1) is 10.2. The molecule has 3 N–H and O–H groups in total. The van der Waals surface area contributed by atoms with Gasteiger partial charge in [0.05, 0.1) is 5.92 Å². The lowest BCUT2D eigenvalue weighted by molar-refractivity contribution is -0.128. The molecule has 2 unspecified atom stereocenters. The molecule has 0 bridgehead atoms. The Morgan fingerprint density at radius 1 is 1.39 bits per heavy atom. The number of nitrogens with two attached hydrogens (primary N) is 1. The first-order valence-electron chi connectivity index (χ1n) is 8.36. The zero-order chi connectivity index (χ0) is 16.4. The van der Waals surface area contributed by atoms with E-state index >= 15 is 0 Å². The van der Waals surface area contributed by atoms with Crippen molar-refractivity contribution >= 4 is 18.3 Å². The number of halogens is 1. The van der Waals surface area contributed by atoms with E-state index in [2.05, 4.69) is 50.4 Å². The van der Waals surface area contributed by atoms with E-state index < -0.39 is 0 Å². The SMILES string of the molecule is Cc1cccc(C(C)(C)CNC(=O)C2CCCCC2(C)N)c1.Cl. The van der Waals surface area contributed by atoms with Gasteiger partial charge in [0.2, 0.25) is 5.91 Å². The number of carbonyl (C=O) groups is 1. The van der Waals surface area contributed by atoms with Gasteiger partial charge in [-0.05, 0) is 32.3 Å². The highest BCUT2D eigenvalue weighted by Gasteiger charge is 2.38. The molecular formula is C19H31ClN2O. The van der Waals surface area contributed by atoms with Crippen molar-refractivity contribution in [2.45, 2.75) is 64.3 Å². The average Bonchev–Trinajstić information content (AvgIpc) is 2.44. The molecule has 130 valence electrons. The van der Waals surface area contributed by atoms with Gasteiger partial charge in [0.25, 0.3) is 0 Å². The minimum Gasteiger partial charge on any atom is -0.355 e. The maximum Gasteiger partial charge on any atom is 0.224 e. The van der Waals surface area contributed by atoms with E-state index in [9.17, 15) is 4.79 Å². The van der Waals surface area contributed by atoms with E-state index in [0.29, 0.717) is 6.54 Å². The van der Waals surface area contributed by atoms with Crippen LogP contribution in [0.3, 0.4) is 0 Å². The van der Waals surface area contributed by atoms with E-state index in [0.717, 1.165) is 25.7 Å². The van der Waals surface area contributed by atoms with E-state index in [-0.39, 0.29) is 35.2 Å². The third kappa shape index (κ3) is 4.95. The third-order valence-corrected chi connectivity index (χ3v) is 5.07. The molecule has 1 saturated carbocycles. The molecule has 4 heteroatoms. The molecule has 3 nitrogen and oxygen atoms in total. The average molecular weight is 339 g/mol. The van der Waals surface area contributed by atoms with Crippen molar-refractivity contribution in [1.29, 1.82) is 0 Å². The Morgan fingerprint density at radius 2 is 2.09 bits per heavy atom. The predicted octanol–water partition coefficient (Wildman–Crippen LogP) is 3.72. The number of hydrogen-bond acceptors (Lipinski definition) is 2. The van der Waals surface area contributed by atoms with E-state index in [1.165, 1.54) is 11.1 Å². The topological polar surface area (TPSA) is 55.1 Å². The van der Waals surface area contributed by atoms with Crippen molar-refractivity contribution in [2.24, 2.45) is 11.7 Å². The number of carbonyl (C=O) groups excluding carboxylic acids is 1. The molecule has 0 aromatic heterocycles. The Morgan fingerprint density at radius 3 is 2.70 bits per heavy atom. The molecule has 0 saturated heterocycles. The van der Waals surface area contributed by atoms with Crippen LogP contribution in [0.5, 0.6) is 0 Å². The molecule has 1 aliphatic rings. The third-order valence-electron chi connectivity index (χ3n) is 5.07. The van der Waals surface area contributed by atoms with Gasteiger partial charge in [-0.25, -0.2) is 0 Å². The number of aryl methyl sites for hydroxylation is 1. The summed E-state index contributed by atoms with van der Waals surface area (Å²) >= 11 is 0. The van der Waals surface area contributed by atoms with Gasteiger partial charge >= 0.3 is 0 Å². The maximum atomic E-state index is 12.6. The van der Waals surface area contributed by atoms with Gasteiger partial charge < -0.3 is 11.1 Å². The van der Waals surface area contributed by atoms with Crippen LogP contribution in [0.15, 0.2) is 24.3 Å². The fourth-order valence-electron chi connectivity index (χ4n) is 3.39. The van der Waals surface area contributed by atoms with E-state index in [1.54, 1.807) is 0 Å². The minimum absolute atomic E-state index is 0. The molecule has 0 radical (unpaired) electrons. The molecular weight excluding hydrogens is 308 g/mol. The first kappa shape index (κ1) is 20.0. The van der Waals surface area contributed by atoms with Crippen molar-refractivity contribution in [3.63, 3.8) is 0 Å². The zero-order valence-corrected chi connectivity index (χ0v) is 15.6. The maximum absolute atomic E-state index is 12.6. The van der Waals surface area contributed by atoms with Gasteiger partial charge in [-0.2, -0.15) is 0 Å². The molecule has 0 spiro atoms. The second kappa shape index (κ2) is 7.67. The fraction of sp³-hybridized carbons (Fsp3) is 0.632. The summed E-state index contributed by atoms with van der Waals surface area (Å²) in [5.41, 5.74) is 8.39. The number of hydrogen-bond donors (Lipinski definition) is 2. The number of rotatable bonds is 4. The molecule has 1 aliphatic carbocycles. The van der Waals surface area contributed by atoms with Crippen LogP contribution in [0.1, 0.15) is 57.6 Å². The highest BCUT2D eigenvalue weighted by Crippen LogP contribution is 2.32. The van der Waals surface area contributed by atoms with E-state index in [4.69, 9.17) is 5.73 Å². The lowest BCUT2D eigenvalue weighted by Gasteiger charge is -2.38.